The third-order valence-corrected chi connectivity index (χ3v) is 11.8. The molecule has 4 rings (SSSR count). The molecule has 2 aromatic carbocycles. The van der Waals surface area contributed by atoms with Gasteiger partial charge in [-0.1, -0.05) is 86.5 Å². The van der Waals surface area contributed by atoms with Crippen LogP contribution in [0.3, 0.4) is 0 Å². The predicted octanol–water partition coefficient (Wildman–Crippen LogP) is 4.13. The fraction of sp³-hybridized carbons (Fsp3) is 0.538. The molecular weight excluding hydrogens is 462 g/mol. The molecule has 0 unspecified atom stereocenters. The molecule has 2 aliphatic heterocycles. The summed E-state index contributed by atoms with van der Waals surface area (Å²) in [4.78, 5) is 3.10. The molecule has 2 heterocycles. The molecule has 0 saturated carbocycles. The van der Waals surface area contributed by atoms with Crippen LogP contribution in [0.15, 0.2) is 65.8 Å². The van der Waals surface area contributed by atoms with E-state index in [2.05, 4.69) is 55.1 Å². The first-order valence-corrected chi connectivity index (χ1v) is 13.9. The van der Waals surface area contributed by atoms with Crippen molar-refractivity contribution >= 4 is 18.7 Å². The molecule has 8 nitrogen and oxygen atoms in total. The van der Waals surface area contributed by atoms with Crippen LogP contribution in [0.25, 0.3) is 10.4 Å². The lowest BCUT2D eigenvalue weighted by atomic mass is 9.97. The summed E-state index contributed by atoms with van der Waals surface area (Å²) in [6, 6.07) is 20.2. The van der Waals surface area contributed by atoms with E-state index in [-0.39, 0.29) is 11.6 Å². The zero-order valence-electron chi connectivity index (χ0n) is 21.3. The Kier molecular flexibility index (Phi) is 7.40. The Morgan fingerprint density at radius 1 is 0.971 bits per heavy atom. The number of hydrogen-bond donors (Lipinski definition) is 0. The molecule has 0 bridgehead atoms. The molecule has 2 aliphatic rings. The van der Waals surface area contributed by atoms with E-state index in [0.717, 1.165) is 10.4 Å². The van der Waals surface area contributed by atoms with Crippen molar-refractivity contribution < 1.29 is 23.4 Å². The lowest BCUT2D eigenvalue weighted by Crippen LogP contribution is -2.68. The fourth-order valence-corrected chi connectivity index (χ4v) is 9.90. The standard InChI is InChI=1S/C26H35N3O5Si/c1-25(2,3)35(18-13-9-7-10-14-18,19-15-11-8-12-16-19)31-17-20-21(28-29-27)22-23(24(30-6)32-20)34-26(4,5)33-22/h7-16,20-24H,17H2,1-6H3/t20-,21-,22+,23+,24+/m1/s1. The Morgan fingerprint density at radius 2 is 1.51 bits per heavy atom. The quantitative estimate of drug-likeness (QED) is 0.248. The number of benzene rings is 2. The molecule has 0 aromatic heterocycles. The molecule has 2 saturated heterocycles. The van der Waals surface area contributed by atoms with E-state index in [0.29, 0.717) is 0 Å². The number of nitrogens with zero attached hydrogens (tertiary/aromatic N) is 3. The van der Waals surface area contributed by atoms with Gasteiger partial charge in [-0.05, 0) is 34.8 Å². The van der Waals surface area contributed by atoms with Crippen LogP contribution in [0.1, 0.15) is 34.6 Å². The number of hydrogen-bond acceptors (Lipinski definition) is 6. The van der Waals surface area contributed by atoms with E-state index < -0.39 is 44.7 Å². The van der Waals surface area contributed by atoms with Gasteiger partial charge in [0.2, 0.25) is 0 Å². The second-order valence-electron chi connectivity index (χ2n) is 10.5. The molecule has 188 valence electrons. The average molecular weight is 498 g/mol. The van der Waals surface area contributed by atoms with Gasteiger partial charge in [0.1, 0.15) is 12.2 Å². The SMILES string of the molecule is CO[C@H]1O[C@H](CO[Si](c2ccccc2)(c2ccccc2)C(C)(C)C)[C@@H](N=[N+]=[N-])[C@@H]2OC(C)(C)O[C@H]12. The van der Waals surface area contributed by atoms with Crippen molar-refractivity contribution in [2.75, 3.05) is 13.7 Å². The van der Waals surface area contributed by atoms with Gasteiger partial charge >= 0.3 is 0 Å². The van der Waals surface area contributed by atoms with Crippen molar-refractivity contribution in [2.45, 2.75) is 76.1 Å². The number of methoxy groups -OCH3 is 1. The highest BCUT2D eigenvalue weighted by Crippen LogP contribution is 2.41. The van der Waals surface area contributed by atoms with E-state index in [1.165, 1.54) is 0 Å². The van der Waals surface area contributed by atoms with Crippen molar-refractivity contribution in [2.24, 2.45) is 5.11 Å². The van der Waals surface area contributed by atoms with Crippen molar-refractivity contribution in [1.29, 1.82) is 0 Å². The number of rotatable bonds is 7. The van der Waals surface area contributed by atoms with Gasteiger partial charge in [-0.3, -0.25) is 0 Å². The molecule has 0 spiro atoms. The minimum absolute atomic E-state index is 0.198. The lowest BCUT2D eigenvalue weighted by molar-refractivity contribution is -0.249. The maximum Gasteiger partial charge on any atom is 0.261 e. The Labute approximate surface area is 208 Å². The van der Waals surface area contributed by atoms with Gasteiger partial charge in [0.05, 0.1) is 18.8 Å². The molecule has 0 amide bonds. The van der Waals surface area contributed by atoms with Gasteiger partial charge in [0, 0.05) is 12.0 Å². The van der Waals surface area contributed by atoms with Gasteiger partial charge in [-0.15, -0.1) is 0 Å². The minimum atomic E-state index is -2.81. The molecular formula is C26H35N3O5Si. The van der Waals surface area contributed by atoms with Crippen LogP contribution in [0.4, 0.5) is 0 Å². The summed E-state index contributed by atoms with van der Waals surface area (Å²) in [6.45, 7) is 10.5. The second-order valence-corrected chi connectivity index (χ2v) is 14.8. The van der Waals surface area contributed by atoms with E-state index in [1.54, 1.807) is 7.11 Å². The predicted molar refractivity (Wildman–Crippen MR) is 136 cm³/mol. The molecule has 0 aliphatic carbocycles. The largest absolute Gasteiger partial charge is 0.405 e. The van der Waals surface area contributed by atoms with Crippen LogP contribution in [-0.4, -0.2) is 58.5 Å². The first kappa shape index (κ1) is 25.8. The van der Waals surface area contributed by atoms with Gasteiger partial charge in [-0.25, -0.2) is 0 Å². The van der Waals surface area contributed by atoms with Gasteiger partial charge in [0.15, 0.2) is 12.1 Å². The summed E-state index contributed by atoms with van der Waals surface area (Å²) in [7, 11) is -1.23. The fourth-order valence-electron chi connectivity index (χ4n) is 5.33. The lowest BCUT2D eigenvalue weighted by Gasteiger charge is -2.45. The smallest absolute Gasteiger partial charge is 0.261 e. The Bertz CT molecular complexity index is 1000. The molecule has 0 radical (unpaired) electrons. The molecule has 2 fully saturated rings. The van der Waals surface area contributed by atoms with E-state index in [4.69, 9.17) is 23.4 Å². The average Bonchev–Trinajstić information content (AvgIpc) is 3.16. The molecule has 35 heavy (non-hydrogen) atoms. The molecule has 2 aromatic rings. The van der Waals surface area contributed by atoms with Gasteiger partial charge in [0.25, 0.3) is 8.32 Å². The summed E-state index contributed by atoms with van der Waals surface area (Å²) in [5.41, 5.74) is 9.37. The van der Waals surface area contributed by atoms with E-state index >= 15 is 0 Å². The highest BCUT2D eigenvalue weighted by Gasteiger charge is 2.57. The molecule has 9 heteroatoms. The normalized spacial score (nSPS) is 28.2. The monoisotopic (exact) mass is 497 g/mol. The van der Waals surface area contributed by atoms with E-state index in [1.807, 2.05) is 50.2 Å². The first-order valence-electron chi connectivity index (χ1n) is 12.0. The number of fused-ring (bicyclic) bond motifs is 1. The maximum atomic E-state index is 9.37. The maximum absolute atomic E-state index is 9.37. The Hall–Kier alpha value is -2.23. The highest BCUT2D eigenvalue weighted by molar-refractivity contribution is 6.99. The van der Waals surface area contributed by atoms with Crippen molar-refractivity contribution in [3.63, 3.8) is 0 Å². The third kappa shape index (κ3) is 4.90. The van der Waals surface area contributed by atoms with Crippen LogP contribution in [0.5, 0.6) is 0 Å². The zero-order chi connectivity index (χ0) is 25.3. The summed E-state index contributed by atoms with van der Waals surface area (Å²) in [5, 5.41) is 6.21. The Balaban J connectivity index is 1.73. The first-order chi connectivity index (χ1) is 16.6. The summed E-state index contributed by atoms with van der Waals surface area (Å²) < 4.78 is 31.2. The van der Waals surface area contributed by atoms with Crippen molar-refractivity contribution in [3.05, 3.63) is 71.1 Å². The van der Waals surface area contributed by atoms with Crippen LogP contribution in [-0.2, 0) is 23.4 Å². The molecule has 0 N–H and O–H groups in total. The van der Waals surface area contributed by atoms with Gasteiger partial charge in [-0.2, -0.15) is 0 Å². The Morgan fingerprint density at radius 3 is 2.00 bits per heavy atom. The number of ether oxygens (including phenoxy) is 4. The topological polar surface area (TPSA) is 94.9 Å². The summed E-state index contributed by atoms with van der Waals surface area (Å²) in [5.74, 6) is -0.841. The van der Waals surface area contributed by atoms with Crippen LogP contribution >= 0.6 is 0 Å². The number of azide groups is 1. The molecule has 5 atom stereocenters. The second kappa shape index (κ2) is 10.0. The highest BCUT2D eigenvalue weighted by atomic mass is 28.4. The van der Waals surface area contributed by atoms with Crippen molar-refractivity contribution in [1.82, 2.24) is 0 Å². The summed E-state index contributed by atoms with van der Waals surface area (Å²) >= 11 is 0. The van der Waals surface area contributed by atoms with Crippen LogP contribution < -0.4 is 10.4 Å². The summed E-state index contributed by atoms with van der Waals surface area (Å²) in [6.07, 6.45) is -2.25. The third-order valence-electron chi connectivity index (χ3n) is 6.76. The van der Waals surface area contributed by atoms with Crippen LogP contribution in [0.2, 0.25) is 5.04 Å². The minimum Gasteiger partial charge on any atom is -0.405 e. The van der Waals surface area contributed by atoms with Crippen molar-refractivity contribution in [3.8, 4) is 0 Å². The van der Waals surface area contributed by atoms with Gasteiger partial charge < -0.3 is 23.4 Å². The zero-order valence-corrected chi connectivity index (χ0v) is 22.3. The van der Waals surface area contributed by atoms with Crippen LogP contribution in [0, 0.1) is 0 Å². The van der Waals surface area contributed by atoms with E-state index in [9.17, 15) is 5.53 Å².